The van der Waals surface area contributed by atoms with Crippen LogP contribution < -0.4 is 0 Å². The van der Waals surface area contributed by atoms with Gasteiger partial charge in [-0.2, -0.15) is 0 Å². The molecule has 2 aliphatic carbocycles. The number of aryl methyl sites for hydroxylation is 2. The van der Waals surface area contributed by atoms with Gasteiger partial charge in [0, 0.05) is 12.0 Å². The zero-order chi connectivity index (χ0) is 11.0. The minimum absolute atomic E-state index is 0.361. The van der Waals surface area contributed by atoms with Crippen LogP contribution in [0.15, 0.2) is 18.2 Å². The molecule has 1 aromatic rings. The molecule has 0 aromatic heterocycles. The van der Waals surface area contributed by atoms with Gasteiger partial charge in [0.2, 0.25) is 0 Å². The Bertz CT molecular complexity index is 415. The molecule has 0 radical (unpaired) electrons. The molecule has 0 N–H and O–H groups in total. The van der Waals surface area contributed by atoms with Crippen LogP contribution in [-0.4, -0.2) is 5.78 Å². The van der Waals surface area contributed by atoms with E-state index in [4.69, 9.17) is 0 Å². The number of benzene rings is 1. The van der Waals surface area contributed by atoms with E-state index in [1.807, 2.05) is 6.07 Å². The fourth-order valence-electron chi connectivity index (χ4n) is 2.82. The predicted molar refractivity (Wildman–Crippen MR) is 64.8 cm³/mol. The zero-order valence-corrected chi connectivity index (χ0v) is 9.67. The van der Waals surface area contributed by atoms with Gasteiger partial charge in [0.25, 0.3) is 0 Å². The van der Waals surface area contributed by atoms with Crippen LogP contribution in [0.3, 0.4) is 0 Å². The highest BCUT2D eigenvalue weighted by atomic mass is 16.1. The molecule has 0 heterocycles. The summed E-state index contributed by atoms with van der Waals surface area (Å²) < 4.78 is 0. The summed E-state index contributed by atoms with van der Waals surface area (Å²) in [6.07, 6.45) is 8.25. The van der Waals surface area contributed by atoms with Gasteiger partial charge in [0.1, 0.15) is 0 Å². The van der Waals surface area contributed by atoms with Crippen molar-refractivity contribution in [2.24, 2.45) is 5.92 Å². The normalized spacial score (nSPS) is 19.2. The number of hydrogen-bond acceptors (Lipinski definition) is 1. The quantitative estimate of drug-likeness (QED) is 0.703. The van der Waals surface area contributed by atoms with E-state index >= 15 is 0 Å². The van der Waals surface area contributed by atoms with Crippen molar-refractivity contribution >= 4 is 5.78 Å². The van der Waals surface area contributed by atoms with Gasteiger partial charge in [-0.15, -0.1) is 0 Å². The van der Waals surface area contributed by atoms with Crippen LogP contribution in [0.2, 0.25) is 0 Å². The average molecular weight is 214 g/mol. The highest BCUT2D eigenvalue weighted by Gasteiger charge is 2.22. The molecule has 0 unspecified atom stereocenters. The van der Waals surface area contributed by atoms with Crippen LogP contribution >= 0.6 is 0 Å². The van der Waals surface area contributed by atoms with Crippen LogP contribution in [0.25, 0.3) is 0 Å². The maximum atomic E-state index is 12.0. The average Bonchev–Trinajstić information content (AvgIpc) is 2.69. The Morgan fingerprint density at radius 3 is 2.69 bits per heavy atom. The molecule has 0 amide bonds. The summed E-state index contributed by atoms with van der Waals surface area (Å²) in [5.41, 5.74) is 3.83. The summed E-state index contributed by atoms with van der Waals surface area (Å²) in [6.45, 7) is 0. The van der Waals surface area contributed by atoms with Gasteiger partial charge >= 0.3 is 0 Å². The predicted octanol–water partition coefficient (Wildman–Crippen LogP) is 3.55. The van der Waals surface area contributed by atoms with Gasteiger partial charge in [-0.3, -0.25) is 4.79 Å². The van der Waals surface area contributed by atoms with Gasteiger partial charge in [0.15, 0.2) is 5.78 Å². The zero-order valence-electron chi connectivity index (χ0n) is 9.67. The molecule has 1 nitrogen and oxygen atoms in total. The fraction of sp³-hybridized carbons (Fsp3) is 0.533. The Kier molecular flexibility index (Phi) is 2.55. The molecule has 1 aromatic carbocycles. The van der Waals surface area contributed by atoms with Crippen molar-refractivity contribution in [2.45, 2.75) is 44.9 Å². The standard InChI is InChI=1S/C15H18O/c16-15(9-11-3-1-4-11)14-8-7-12-5-2-6-13(12)10-14/h7-8,10-11H,1-6,9H2. The Hall–Kier alpha value is -1.11. The van der Waals surface area contributed by atoms with E-state index < -0.39 is 0 Å². The summed E-state index contributed by atoms with van der Waals surface area (Å²) in [5, 5.41) is 0. The molecule has 3 rings (SSSR count). The van der Waals surface area contributed by atoms with Crippen molar-refractivity contribution in [3.63, 3.8) is 0 Å². The van der Waals surface area contributed by atoms with Crippen molar-refractivity contribution in [1.82, 2.24) is 0 Å². The maximum absolute atomic E-state index is 12.0. The monoisotopic (exact) mass is 214 g/mol. The molecule has 1 fully saturated rings. The summed E-state index contributed by atoms with van der Waals surface area (Å²) >= 11 is 0. The van der Waals surface area contributed by atoms with Crippen LogP contribution in [0, 0.1) is 5.92 Å². The number of rotatable bonds is 3. The van der Waals surface area contributed by atoms with Gasteiger partial charge in [-0.25, -0.2) is 0 Å². The van der Waals surface area contributed by atoms with Gasteiger partial charge < -0.3 is 0 Å². The van der Waals surface area contributed by atoms with E-state index in [1.54, 1.807) is 0 Å². The van der Waals surface area contributed by atoms with Crippen molar-refractivity contribution in [3.8, 4) is 0 Å². The molecule has 0 bridgehead atoms. The SMILES string of the molecule is O=C(CC1CCC1)c1ccc2c(c1)CCC2. The van der Waals surface area contributed by atoms with Crippen molar-refractivity contribution < 1.29 is 4.79 Å². The molecule has 0 saturated heterocycles. The summed E-state index contributed by atoms with van der Waals surface area (Å²) in [7, 11) is 0. The van der Waals surface area contributed by atoms with Crippen molar-refractivity contribution in [3.05, 3.63) is 34.9 Å². The first-order chi connectivity index (χ1) is 7.83. The molecule has 0 aliphatic heterocycles. The topological polar surface area (TPSA) is 17.1 Å². The van der Waals surface area contributed by atoms with E-state index in [1.165, 1.54) is 49.7 Å². The van der Waals surface area contributed by atoms with Gasteiger partial charge in [0.05, 0.1) is 0 Å². The number of hydrogen-bond donors (Lipinski definition) is 0. The molecule has 0 atom stereocenters. The number of carbonyl (C=O) groups excluding carboxylic acids is 1. The Morgan fingerprint density at radius 1 is 1.12 bits per heavy atom. The van der Waals surface area contributed by atoms with Crippen molar-refractivity contribution in [2.75, 3.05) is 0 Å². The Morgan fingerprint density at radius 2 is 1.94 bits per heavy atom. The largest absolute Gasteiger partial charge is 0.294 e. The summed E-state index contributed by atoms with van der Waals surface area (Å²) in [4.78, 5) is 12.0. The highest BCUT2D eigenvalue weighted by molar-refractivity contribution is 5.96. The molecule has 0 spiro atoms. The van der Waals surface area contributed by atoms with Crippen LogP contribution in [0.5, 0.6) is 0 Å². The number of carbonyl (C=O) groups is 1. The van der Waals surface area contributed by atoms with Gasteiger partial charge in [-0.1, -0.05) is 31.4 Å². The van der Waals surface area contributed by atoms with E-state index in [2.05, 4.69) is 12.1 Å². The third kappa shape index (κ3) is 1.79. The molecule has 16 heavy (non-hydrogen) atoms. The second-order valence-corrected chi connectivity index (χ2v) is 5.26. The smallest absolute Gasteiger partial charge is 0.163 e. The molecule has 1 saturated carbocycles. The lowest BCUT2D eigenvalue weighted by Crippen LogP contribution is -2.16. The minimum atomic E-state index is 0.361. The first-order valence-electron chi connectivity index (χ1n) is 6.48. The third-order valence-electron chi connectivity index (χ3n) is 4.12. The molecule has 84 valence electrons. The molecule has 1 heteroatoms. The van der Waals surface area contributed by atoms with Crippen molar-refractivity contribution in [1.29, 1.82) is 0 Å². The minimum Gasteiger partial charge on any atom is -0.294 e. The molecular formula is C15H18O. The second-order valence-electron chi connectivity index (χ2n) is 5.26. The second kappa shape index (κ2) is 4.04. The Balaban J connectivity index is 1.75. The molecule has 2 aliphatic rings. The lowest BCUT2D eigenvalue weighted by atomic mass is 9.81. The first-order valence-corrected chi connectivity index (χ1v) is 6.48. The van der Waals surface area contributed by atoms with E-state index in [9.17, 15) is 4.79 Å². The first kappa shape index (κ1) is 10.1. The van der Waals surface area contributed by atoms with Gasteiger partial charge in [-0.05, 0) is 42.4 Å². The molecular weight excluding hydrogens is 196 g/mol. The number of fused-ring (bicyclic) bond motifs is 1. The fourth-order valence-corrected chi connectivity index (χ4v) is 2.82. The lowest BCUT2D eigenvalue weighted by molar-refractivity contribution is 0.0936. The summed E-state index contributed by atoms with van der Waals surface area (Å²) in [6, 6.07) is 6.34. The summed E-state index contributed by atoms with van der Waals surface area (Å²) in [5.74, 6) is 1.04. The van der Waals surface area contributed by atoms with Crippen LogP contribution in [0.4, 0.5) is 0 Å². The van der Waals surface area contributed by atoms with E-state index in [-0.39, 0.29) is 0 Å². The lowest BCUT2D eigenvalue weighted by Gasteiger charge is -2.24. The maximum Gasteiger partial charge on any atom is 0.163 e. The van der Waals surface area contributed by atoms with Crippen LogP contribution in [0.1, 0.15) is 53.6 Å². The van der Waals surface area contributed by atoms with E-state index in [0.29, 0.717) is 11.7 Å². The van der Waals surface area contributed by atoms with Crippen LogP contribution in [-0.2, 0) is 12.8 Å². The third-order valence-corrected chi connectivity index (χ3v) is 4.12. The van der Waals surface area contributed by atoms with E-state index in [0.717, 1.165) is 12.0 Å². The highest BCUT2D eigenvalue weighted by Crippen LogP contribution is 2.31. The Labute approximate surface area is 96.9 Å². The number of ketones is 1. The number of Topliss-reactive ketones (excluding diaryl/α,β-unsaturated/α-hetero) is 1.